The van der Waals surface area contributed by atoms with Gasteiger partial charge in [-0.25, -0.2) is 4.98 Å². The molecule has 2 aliphatic rings. The minimum absolute atomic E-state index is 0.0951. The van der Waals surface area contributed by atoms with E-state index in [0.29, 0.717) is 11.6 Å². The van der Waals surface area contributed by atoms with Crippen LogP contribution in [-0.2, 0) is 4.79 Å². The molecule has 4 rings (SSSR count). The van der Waals surface area contributed by atoms with E-state index in [9.17, 15) is 10.1 Å². The van der Waals surface area contributed by atoms with E-state index in [4.69, 9.17) is 0 Å². The molecule has 2 aromatic rings. The fourth-order valence-electron chi connectivity index (χ4n) is 3.81. The van der Waals surface area contributed by atoms with Crippen LogP contribution >= 0.6 is 0 Å². The molecule has 1 atom stereocenters. The van der Waals surface area contributed by atoms with Crippen LogP contribution in [0.25, 0.3) is 0 Å². The summed E-state index contributed by atoms with van der Waals surface area (Å²) in [4.78, 5) is 21.9. The highest BCUT2D eigenvalue weighted by molar-refractivity contribution is 5.83. The number of nitrogens with one attached hydrogen (secondary N) is 1. The van der Waals surface area contributed by atoms with Crippen molar-refractivity contribution in [3.05, 3.63) is 59.8 Å². The number of hydrogen-bond donors (Lipinski definition) is 1. The van der Waals surface area contributed by atoms with Crippen molar-refractivity contribution in [1.29, 1.82) is 5.26 Å². The van der Waals surface area contributed by atoms with Crippen molar-refractivity contribution in [2.45, 2.75) is 31.3 Å². The Bertz CT molecular complexity index is 859. The maximum absolute atomic E-state index is 13.0. The van der Waals surface area contributed by atoms with Crippen LogP contribution in [0.15, 0.2) is 48.7 Å². The summed E-state index contributed by atoms with van der Waals surface area (Å²) < 4.78 is 0. The number of nitriles is 1. The lowest BCUT2D eigenvalue weighted by atomic mass is 10.0. The molecule has 1 saturated carbocycles. The van der Waals surface area contributed by atoms with Gasteiger partial charge in [0.05, 0.1) is 5.56 Å². The lowest BCUT2D eigenvalue weighted by Gasteiger charge is -2.30. The Hall–Kier alpha value is -2.91. The number of anilines is 1. The molecule has 0 radical (unpaired) electrons. The molecule has 2 heterocycles. The third-order valence-corrected chi connectivity index (χ3v) is 5.39. The number of carbonyl (C=O) groups excluding carboxylic acids is 1. The fraction of sp³-hybridized carbons (Fsp3) is 0.409. The van der Waals surface area contributed by atoms with E-state index in [2.05, 4.69) is 26.2 Å². The van der Waals surface area contributed by atoms with E-state index in [1.807, 2.05) is 30.3 Å². The third-order valence-electron chi connectivity index (χ3n) is 5.39. The Balaban J connectivity index is 1.53. The van der Waals surface area contributed by atoms with Gasteiger partial charge in [-0.05, 0) is 37.0 Å². The highest BCUT2D eigenvalue weighted by Gasteiger charge is 2.33. The monoisotopic (exact) mass is 375 g/mol. The third kappa shape index (κ3) is 4.15. The fourth-order valence-corrected chi connectivity index (χ4v) is 3.81. The lowest BCUT2D eigenvalue weighted by molar-refractivity contribution is -0.126. The van der Waals surface area contributed by atoms with Crippen LogP contribution in [0, 0.1) is 11.3 Å². The van der Waals surface area contributed by atoms with Gasteiger partial charge in [-0.15, -0.1) is 0 Å². The van der Waals surface area contributed by atoms with E-state index in [1.165, 1.54) is 0 Å². The van der Waals surface area contributed by atoms with Crippen LogP contribution in [0.4, 0.5) is 5.82 Å². The smallest absolute Gasteiger partial charge is 0.242 e. The van der Waals surface area contributed by atoms with Crippen molar-refractivity contribution < 1.29 is 4.79 Å². The summed E-state index contributed by atoms with van der Waals surface area (Å²) in [6.45, 7) is 3.15. The van der Waals surface area contributed by atoms with E-state index >= 15 is 0 Å². The zero-order valence-corrected chi connectivity index (χ0v) is 15.9. The number of benzene rings is 1. The van der Waals surface area contributed by atoms with Crippen molar-refractivity contribution in [2.24, 2.45) is 0 Å². The molecule has 0 unspecified atom stereocenters. The largest absolute Gasteiger partial charge is 0.354 e. The van der Waals surface area contributed by atoms with Crippen LogP contribution < -0.4 is 10.2 Å². The summed E-state index contributed by atoms with van der Waals surface area (Å²) in [5.74, 6) is 0.836. The van der Waals surface area contributed by atoms with Gasteiger partial charge in [0.1, 0.15) is 17.9 Å². The summed E-state index contributed by atoms with van der Waals surface area (Å²) in [7, 11) is 0. The number of hydrogen-bond acceptors (Lipinski definition) is 5. The molecule has 6 nitrogen and oxygen atoms in total. The summed E-state index contributed by atoms with van der Waals surface area (Å²) >= 11 is 0. The number of pyridine rings is 1. The Kier molecular flexibility index (Phi) is 5.54. The number of rotatable bonds is 5. The molecule has 2 fully saturated rings. The lowest BCUT2D eigenvalue weighted by Crippen LogP contribution is -2.43. The molecule has 1 aliphatic carbocycles. The molecule has 1 amide bonds. The predicted octanol–water partition coefficient (Wildman–Crippen LogP) is 2.49. The highest BCUT2D eigenvalue weighted by Crippen LogP contribution is 2.27. The first-order valence-electron chi connectivity index (χ1n) is 9.95. The van der Waals surface area contributed by atoms with E-state index in [1.54, 1.807) is 18.3 Å². The van der Waals surface area contributed by atoms with Crippen molar-refractivity contribution in [2.75, 3.05) is 31.1 Å². The van der Waals surface area contributed by atoms with Gasteiger partial charge in [0.15, 0.2) is 0 Å². The number of amides is 1. The number of aromatic nitrogens is 1. The molecule has 1 aromatic carbocycles. The average Bonchev–Trinajstić information content (AvgIpc) is 3.56. The van der Waals surface area contributed by atoms with E-state index in [-0.39, 0.29) is 11.9 Å². The van der Waals surface area contributed by atoms with Gasteiger partial charge < -0.3 is 10.2 Å². The second-order valence-corrected chi connectivity index (χ2v) is 7.46. The minimum atomic E-state index is -0.277. The Morgan fingerprint density at radius 2 is 1.93 bits per heavy atom. The first-order chi connectivity index (χ1) is 13.8. The molecule has 1 aromatic heterocycles. The van der Waals surface area contributed by atoms with Crippen LogP contribution in [0.5, 0.6) is 0 Å². The zero-order valence-electron chi connectivity index (χ0n) is 15.9. The van der Waals surface area contributed by atoms with Gasteiger partial charge in [0, 0.05) is 38.4 Å². The summed E-state index contributed by atoms with van der Waals surface area (Å²) in [5.41, 5.74) is 1.63. The summed E-state index contributed by atoms with van der Waals surface area (Å²) in [6.07, 6.45) is 4.81. The van der Waals surface area contributed by atoms with Crippen molar-refractivity contribution >= 4 is 11.7 Å². The zero-order chi connectivity index (χ0) is 19.3. The molecular weight excluding hydrogens is 350 g/mol. The van der Waals surface area contributed by atoms with E-state index < -0.39 is 0 Å². The van der Waals surface area contributed by atoms with Crippen LogP contribution in [0.1, 0.15) is 36.4 Å². The molecule has 0 bridgehead atoms. The average molecular weight is 375 g/mol. The Labute approximate surface area is 165 Å². The normalized spacial score (nSPS) is 18.8. The standard InChI is InChI=1S/C22H25N5O/c23-16-18-8-4-11-24-21(18)27-13-5-12-26(14-15-27)20(17-6-2-1-3-7-17)22(28)25-19-9-10-19/h1-4,6-8,11,19-20H,5,9-10,12-15H2,(H,25,28)/t20-/m0/s1. The van der Waals surface area contributed by atoms with Crippen LogP contribution in [0.2, 0.25) is 0 Å². The van der Waals surface area contributed by atoms with Gasteiger partial charge in [-0.3, -0.25) is 9.69 Å². The quantitative estimate of drug-likeness (QED) is 0.869. The molecule has 1 aliphatic heterocycles. The predicted molar refractivity (Wildman–Crippen MR) is 108 cm³/mol. The molecule has 0 spiro atoms. The second kappa shape index (κ2) is 8.41. The Morgan fingerprint density at radius 1 is 1.11 bits per heavy atom. The molecule has 6 heteroatoms. The molecule has 28 heavy (non-hydrogen) atoms. The van der Waals surface area contributed by atoms with Crippen molar-refractivity contribution in [1.82, 2.24) is 15.2 Å². The maximum atomic E-state index is 13.0. The summed E-state index contributed by atoms with van der Waals surface area (Å²) in [6, 6.07) is 15.9. The number of carbonyl (C=O) groups is 1. The first-order valence-corrected chi connectivity index (χ1v) is 9.95. The minimum Gasteiger partial charge on any atom is -0.354 e. The number of nitrogens with zero attached hydrogens (tertiary/aromatic N) is 4. The molecule has 1 saturated heterocycles. The molecule has 144 valence electrons. The van der Waals surface area contributed by atoms with E-state index in [0.717, 1.165) is 56.8 Å². The topological polar surface area (TPSA) is 72.3 Å². The SMILES string of the molecule is N#Cc1cccnc1N1CCCN([C@H](C(=O)NC2CC2)c2ccccc2)CC1. The first kappa shape index (κ1) is 18.5. The van der Waals surface area contributed by atoms with Gasteiger partial charge in [-0.2, -0.15) is 5.26 Å². The molecule has 1 N–H and O–H groups in total. The Morgan fingerprint density at radius 3 is 2.68 bits per heavy atom. The van der Waals surface area contributed by atoms with Crippen LogP contribution in [-0.4, -0.2) is 48.0 Å². The van der Waals surface area contributed by atoms with Gasteiger partial charge in [-0.1, -0.05) is 30.3 Å². The van der Waals surface area contributed by atoms with Crippen LogP contribution in [0.3, 0.4) is 0 Å². The maximum Gasteiger partial charge on any atom is 0.242 e. The van der Waals surface area contributed by atoms with Gasteiger partial charge in [0.25, 0.3) is 0 Å². The van der Waals surface area contributed by atoms with Gasteiger partial charge in [0.2, 0.25) is 5.91 Å². The van der Waals surface area contributed by atoms with Crippen molar-refractivity contribution in [3.8, 4) is 6.07 Å². The molecular formula is C22H25N5O. The second-order valence-electron chi connectivity index (χ2n) is 7.46. The summed E-state index contributed by atoms with van der Waals surface area (Å²) in [5, 5.41) is 12.6. The van der Waals surface area contributed by atoms with Crippen molar-refractivity contribution in [3.63, 3.8) is 0 Å². The highest BCUT2D eigenvalue weighted by atomic mass is 16.2. The van der Waals surface area contributed by atoms with Gasteiger partial charge >= 0.3 is 0 Å².